The van der Waals surface area contributed by atoms with Crippen LogP contribution in [0.4, 0.5) is 0 Å². The van der Waals surface area contributed by atoms with Gasteiger partial charge in [-0.05, 0) is 25.7 Å². The lowest BCUT2D eigenvalue weighted by Crippen LogP contribution is -2.13. The third-order valence-electron chi connectivity index (χ3n) is 3.93. The van der Waals surface area contributed by atoms with Crippen LogP contribution in [0.3, 0.4) is 0 Å². The number of hydrogen-bond acceptors (Lipinski definition) is 3. The van der Waals surface area contributed by atoms with Crippen LogP contribution in [0.25, 0.3) is 0 Å². The molecule has 1 aromatic heterocycles. The molecule has 0 aliphatic heterocycles. The van der Waals surface area contributed by atoms with Crippen LogP contribution in [0.15, 0.2) is 0 Å². The molecule has 0 amide bonds. The molecule has 2 atom stereocenters. The molecule has 1 N–H and O–H groups in total. The van der Waals surface area contributed by atoms with Crippen LogP contribution < -0.4 is 0 Å². The maximum absolute atomic E-state index is 10.8. The summed E-state index contributed by atoms with van der Waals surface area (Å²) >= 11 is 1.61. The Balaban J connectivity index is 2.10. The van der Waals surface area contributed by atoms with Crippen molar-refractivity contribution >= 4 is 17.3 Å². The van der Waals surface area contributed by atoms with Gasteiger partial charge in [0, 0.05) is 10.8 Å². The second-order valence-electron chi connectivity index (χ2n) is 5.27. The van der Waals surface area contributed by atoms with Crippen molar-refractivity contribution in [1.82, 2.24) is 4.98 Å². The van der Waals surface area contributed by atoms with Gasteiger partial charge in [0.05, 0.1) is 17.1 Å². The van der Waals surface area contributed by atoms with E-state index in [4.69, 9.17) is 5.11 Å². The van der Waals surface area contributed by atoms with E-state index in [9.17, 15) is 4.79 Å². The minimum Gasteiger partial charge on any atom is -0.481 e. The van der Waals surface area contributed by atoms with Gasteiger partial charge in [0.15, 0.2) is 0 Å². The third kappa shape index (κ3) is 3.10. The van der Waals surface area contributed by atoms with Gasteiger partial charge in [-0.1, -0.05) is 26.2 Å². The van der Waals surface area contributed by atoms with Crippen molar-refractivity contribution in [3.05, 3.63) is 15.6 Å². The van der Waals surface area contributed by atoms with Gasteiger partial charge in [-0.3, -0.25) is 4.79 Å². The summed E-state index contributed by atoms with van der Waals surface area (Å²) in [5.74, 6) is 0.634. The van der Waals surface area contributed by atoms with E-state index in [0.29, 0.717) is 5.92 Å². The van der Waals surface area contributed by atoms with Crippen LogP contribution in [0.5, 0.6) is 0 Å². The molecule has 18 heavy (non-hydrogen) atoms. The molecule has 1 saturated carbocycles. The van der Waals surface area contributed by atoms with E-state index >= 15 is 0 Å². The fourth-order valence-electron chi connectivity index (χ4n) is 2.81. The summed E-state index contributed by atoms with van der Waals surface area (Å²) in [7, 11) is 0. The molecule has 3 nitrogen and oxygen atoms in total. The topological polar surface area (TPSA) is 50.2 Å². The van der Waals surface area contributed by atoms with Crippen molar-refractivity contribution < 1.29 is 9.90 Å². The molecule has 100 valence electrons. The Bertz CT molecular complexity index is 427. The number of nitrogens with zero attached hydrogens (tertiary/aromatic N) is 1. The largest absolute Gasteiger partial charge is 0.481 e. The fraction of sp³-hybridized carbons (Fsp3) is 0.714. The van der Waals surface area contributed by atoms with E-state index in [1.807, 2.05) is 6.92 Å². The highest BCUT2D eigenvalue weighted by Gasteiger charge is 2.25. The van der Waals surface area contributed by atoms with Crippen molar-refractivity contribution in [1.29, 1.82) is 0 Å². The Morgan fingerprint density at radius 3 is 2.94 bits per heavy atom. The summed E-state index contributed by atoms with van der Waals surface area (Å²) < 4.78 is 0. The van der Waals surface area contributed by atoms with Crippen LogP contribution in [-0.2, 0) is 11.2 Å². The SMILES string of the molecule is CCC1CCCC(c2nc(C)c(CC(=O)O)s2)C1. The molecule has 1 fully saturated rings. The number of rotatable bonds is 4. The zero-order chi connectivity index (χ0) is 13.1. The molecule has 2 unspecified atom stereocenters. The Hall–Kier alpha value is -0.900. The number of carbonyl (C=O) groups is 1. The quantitative estimate of drug-likeness (QED) is 0.903. The second kappa shape index (κ2) is 5.83. The van der Waals surface area contributed by atoms with Gasteiger partial charge in [-0.25, -0.2) is 4.98 Å². The van der Waals surface area contributed by atoms with Gasteiger partial charge in [0.25, 0.3) is 0 Å². The normalized spacial score (nSPS) is 24.1. The molecule has 0 aromatic carbocycles. The first-order valence-electron chi connectivity index (χ1n) is 6.78. The molecular weight excluding hydrogens is 246 g/mol. The van der Waals surface area contributed by atoms with E-state index in [2.05, 4.69) is 11.9 Å². The van der Waals surface area contributed by atoms with Gasteiger partial charge < -0.3 is 5.11 Å². The molecule has 1 heterocycles. The van der Waals surface area contributed by atoms with Gasteiger partial charge in [0.1, 0.15) is 0 Å². The fourth-order valence-corrected chi connectivity index (χ4v) is 4.02. The van der Waals surface area contributed by atoms with E-state index in [1.54, 1.807) is 11.3 Å². The lowest BCUT2D eigenvalue weighted by molar-refractivity contribution is -0.136. The standard InChI is InChI=1S/C14H21NO2S/c1-3-10-5-4-6-11(7-10)14-15-9(2)12(18-14)8-13(16)17/h10-11H,3-8H2,1-2H3,(H,16,17). The smallest absolute Gasteiger partial charge is 0.308 e. The molecule has 0 spiro atoms. The van der Waals surface area contributed by atoms with E-state index < -0.39 is 5.97 Å². The van der Waals surface area contributed by atoms with Crippen LogP contribution in [0.2, 0.25) is 0 Å². The van der Waals surface area contributed by atoms with E-state index in [-0.39, 0.29) is 6.42 Å². The number of aryl methyl sites for hydroxylation is 1. The van der Waals surface area contributed by atoms with Gasteiger partial charge >= 0.3 is 5.97 Å². The number of aliphatic carboxylic acids is 1. The molecule has 0 saturated heterocycles. The predicted molar refractivity (Wildman–Crippen MR) is 73.2 cm³/mol. The van der Waals surface area contributed by atoms with Crippen molar-refractivity contribution in [2.24, 2.45) is 5.92 Å². The first-order chi connectivity index (χ1) is 8.60. The number of carboxylic acids is 1. The first kappa shape index (κ1) is 13.5. The molecule has 4 heteroatoms. The lowest BCUT2D eigenvalue weighted by Gasteiger charge is -2.26. The van der Waals surface area contributed by atoms with Crippen LogP contribution in [-0.4, -0.2) is 16.1 Å². The van der Waals surface area contributed by atoms with Crippen LogP contribution in [0.1, 0.15) is 60.5 Å². The minimum absolute atomic E-state index is 0.118. The molecule has 1 aliphatic carbocycles. The second-order valence-corrected chi connectivity index (χ2v) is 6.38. The summed E-state index contributed by atoms with van der Waals surface area (Å²) in [4.78, 5) is 16.3. The van der Waals surface area contributed by atoms with Gasteiger partial charge in [-0.15, -0.1) is 11.3 Å². The van der Waals surface area contributed by atoms with Gasteiger partial charge in [-0.2, -0.15) is 0 Å². The number of aromatic nitrogens is 1. The summed E-state index contributed by atoms with van der Waals surface area (Å²) in [5.41, 5.74) is 0.913. The predicted octanol–water partition coefficient (Wildman–Crippen LogP) is 3.76. The maximum atomic E-state index is 10.8. The molecule has 2 rings (SSSR count). The van der Waals surface area contributed by atoms with Crippen LogP contribution in [0, 0.1) is 12.8 Å². The summed E-state index contributed by atoms with van der Waals surface area (Å²) in [6.45, 7) is 4.19. The maximum Gasteiger partial charge on any atom is 0.308 e. The van der Waals surface area contributed by atoms with E-state index in [0.717, 1.165) is 16.5 Å². The Kier molecular flexibility index (Phi) is 4.38. The summed E-state index contributed by atoms with van der Waals surface area (Å²) in [5, 5.41) is 10.0. The first-order valence-corrected chi connectivity index (χ1v) is 7.59. The minimum atomic E-state index is -0.761. The van der Waals surface area contributed by atoms with Crippen LogP contribution >= 0.6 is 11.3 Å². The molecule has 0 radical (unpaired) electrons. The lowest BCUT2D eigenvalue weighted by atomic mass is 9.80. The van der Waals surface area contributed by atoms with Crippen molar-refractivity contribution in [2.45, 2.75) is 58.3 Å². The van der Waals surface area contributed by atoms with Crippen molar-refractivity contribution in [2.75, 3.05) is 0 Å². The molecular formula is C14H21NO2S. The highest BCUT2D eigenvalue weighted by Crippen LogP contribution is 2.39. The number of thiazole rings is 1. The average Bonchev–Trinajstić information content (AvgIpc) is 2.70. The highest BCUT2D eigenvalue weighted by molar-refractivity contribution is 7.11. The monoisotopic (exact) mass is 267 g/mol. The van der Waals surface area contributed by atoms with E-state index in [1.165, 1.54) is 37.1 Å². The molecule has 1 aromatic rings. The highest BCUT2D eigenvalue weighted by atomic mass is 32.1. The van der Waals surface area contributed by atoms with Gasteiger partial charge in [0.2, 0.25) is 0 Å². The Labute approximate surface area is 112 Å². The Morgan fingerprint density at radius 2 is 2.28 bits per heavy atom. The molecule has 0 bridgehead atoms. The van der Waals surface area contributed by atoms with Crippen molar-refractivity contribution in [3.63, 3.8) is 0 Å². The summed E-state index contributed by atoms with van der Waals surface area (Å²) in [6, 6.07) is 0. The van der Waals surface area contributed by atoms with Crippen molar-refractivity contribution in [3.8, 4) is 0 Å². The Morgan fingerprint density at radius 1 is 1.50 bits per heavy atom. The zero-order valence-corrected chi connectivity index (χ0v) is 11.9. The number of hydrogen-bond donors (Lipinski definition) is 1. The zero-order valence-electron chi connectivity index (χ0n) is 11.1. The molecule has 1 aliphatic rings. The summed E-state index contributed by atoms with van der Waals surface area (Å²) in [6.07, 6.45) is 6.46. The third-order valence-corrected chi connectivity index (χ3v) is 5.25. The number of carboxylic acid groups (broad SMARTS) is 1. The average molecular weight is 267 g/mol.